The lowest BCUT2D eigenvalue weighted by Gasteiger charge is -2.26. The van der Waals surface area contributed by atoms with Crippen LogP contribution in [0.4, 0.5) is 5.69 Å². The van der Waals surface area contributed by atoms with E-state index in [0.717, 1.165) is 13.2 Å². The van der Waals surface area contributed by atoms with E-state index in [-0.39, 0.29) is 18.1 Å². The number of nitro groups is 1. The van der Waals surface area contributed by atoms with E-state index in [1.54, 1.807) is 0 Å². The lowest BCUT2D eigenvalue weighted by Crippen LogP contribution is -2.36. The van der Waals surface area contributed by atoms with Crippen molar-refractivity contribution in [3.8, 4) is 11.5 Å². The Balaban J connectivity index is 2.45. The number of fused-ring (bicyclic) bond motifs is 1. The van der Waals surface area contributed by atoms with Crippen molar-refractivity contribution in [2.24, 2.45) is 5.14 Å². The fourth-order valence-electron chi connectivity index (χ4n) is 1.85. The van der Waals surface area contributed by atoms with Crippen LogP contribution < -0.4 is 14.6 Å². The highest BCUT2D eigenvalue weighted by atomic mass is 32.2. The van der Waals surface area contributed by atoms with Crippen LogP contribution in [-0.4, -0.2) is 47.3 Å². The van der Waals surface area contributed by atoms with Crippen molar-refractivity contribution in [1.82, 2.24) is 0 Å². The Morgan fingerprint density at radius 1 is 1.39 bits per heavy atom. The van der Waals surface area contributed by atoms with Gasteiger partial charge in [0, 0.05) is 12.1 Å². The number of benzene rings is 1. The Bertz CT molecular complexity index is 847. The van der Waals surface area contributed by atoms with E-state index >= 15 is 0 Å². The zero-order chi connectivity index (χ0) is 17.4. The van der Waals surface area contributed by atoms with Crippen molar-refractivity contribution in [2.75, 3.05) is 19.5 Å². The Morgan fingerprint density at radius 2 is 2.04 bits per heavy atom. The van der Waals surface area contributed by atoms with Crippen LogP contribution in [0.15, 0.2) is 17.0 Å². The van der Waals surface area contributed by atoms with Crippen molar-refractivity contribution >= 4 is 25.8 Å². The zero-order valence-corrected chi connectivity index (χ0v) is 13.3. The summed E-state index contributed by atoms with van der Waals surface area (Å²) in [6.45, 7) is -0.263. The highest BCUT2D eigenvalue weighted by Gasteiger charge is 2.33. The van der Waals surface area contributed by atoms with Crippen molar-refractivity contribution in [3.05, 3.63) is 22.2 Å². The molecule has 1 aliphatic heterocycles. The van der Waals surface area contributed by atoms with E-state index < -0.39 is 47.5 Å². The molecule has 128 valence electrons. The van der Waals surface area contributed by atoms with Crippen LogP contribution in [0, 0.1) is 10.1 Å². The van der Waals surface area contributed by atoms with E-state index in [0.29, 0.717) is 6.07 Å². The zero-order valence-electron chi connectivity index (χ0n) is 11.7. The van der Waals surface area contributed by atoms with E-state index in [9.17, 15) is 26.9 Å². The molecule has 13 heteroatoms. The molecule has 1 aliphatic rings. The van der Waals surface area contributed by atoms with Crippen molar-refractivity contribution in [3.63, 3.8) is 0 Å². The second-order valence-corrected chi connectivity index (χ2v) is 7.86. The summed E-state index contributed by atoms with van der Waals surface area (Å²) in [5.74, 6) is -1.17. The number of nitrogens with two attached hydrogens (primary N) is 1. The molecule has 0 radical (unpaired) electrons. The summed E-state index contributed by atoms with van der Waals surface area (Å²) in [6.07, 6.45) is -1.05. The number of rotatable bonds is 5. The molecule has 0 aromatic heterocycles. The smallest absolute Gasteiger partial charge is 0.316 e. The third-order valence-corrected chi connectivity index (χ3v) is 5.07. The molecular formula is C10H12N2O9S2. The van der Waals surface area contributed by atoms with Crippen LogP contribution in [0.2, 0.25) is 0 Å². The molecule has 0 aliphatic carbocycles. The number of sulfonamides is 1. The molecule has 0 amide bonds. The van der Waals surface area contributed by atoms with Gasteiger partial charge in [-0.05, 0) is 0 Å². The second kappa shape index (κ2) is 5.92. The quantitative estimate of drug-likeness (QED) is 0.404. The van der Waals surface area contributed by atoms with Gasteiger partial charge in [-0.1, -0.05) is 0 Å². The summed E-state index contributed by atoms with van der Waals surface area (Å²) in [6, 6.07) is 1.68. The van der Waals surface area contributed by atoms with Crippen molar-refractivity contribution < 1.29 is 35.4 Å². The summed E-state index contributed by atoms with van der Waals surface area (Å²) in [5, 5.41) is 16.0. The van der Waals surface area contributed by atoms with Gasteiger partial charge in [0.05, 0.1) is 16.9 Å². The molecule has 0 saturated heterocycles. The van der Waals surface area contributed by atoms with Gasteiger partial charge in [0.15, 0.2) is 5.75 Å². The van der Waals surface area contributed by atoms with Crippen LogP contribution in [0.3, 0.4) is 0 Å². The highest BCUT2D eigenvalue weighted by Crippen LogP contribution is 2.42. The normalized spacial score (nSPS) is 17.7. The monoisotopic (exact) mass is 368 g/mol. The minimum atomic E-state index is -4.19. The minimum Gasteiger partial charge on any atom is -0.485 e. The van der Waals surface area contributed by atoms with Crippen LogP contribution >= 0.6 is 0 Å². The first-order chi connectivity index (χ1) is 10.5. The minimum absolute atomic E-state index is 0.214. The number of hydrogen-bond donors (Lipinski definition) is 1. The van der Waals surface area contributed by atoms with Crippen molar-refractivity contribution in [2.45, 2.75) is 11.0 Å². The van der Waals surface area contributed by atoms with Gasteiger partial charge in [0.2, 0.25) is 15.8 Å². The molecule has 0 unspecified atom stereocenters. The average molecular weight is 368 g/mol. The molecule has 1 atom stereocenters. The maximum absolute atomic E-state index is 11.4. The molecule has 0 saturated carbocycles. The van der Waals surface area contributed by atoms with Crippen LogP contribution in [0.25, 0.3) is 0 Å². The van der Waals surface area contributed by atoms with Gasteiger partial charge in [-0.25, -0.2) is 13.6 Å². The maximum Gasteiger partial charge on any atom is 0.316 e. The van der Waals surface area contributed by atoms with Crippen LogP contribution in [0.1, 0.15) is 0 Å². The average Bonchev–Trinajstić information content (AvgIpc) is 2.44. The SMILES string of the molecule is COS(=O)(=O)C[C@H]1COc2cc(S(N)(=O)=O)cc([N+](=O)[O-])c2O1. The standard InChI is InChI=1S/C10H12N2O9S2/c1-19-22(15,16)5-6-4-20-9-3-7(23(11,17)18)2-8(12(13)14)10(9)21-6/h2-3,6H,4-5H2,1H3,(H2,11,17,18)/t6-/m1/s1. The number of nitro benzene ring substituents is 1. The molecule has 0 fully saturated rings. The summed E-state index contributed by atoms with van der Waals surface area (Å²) in [5.41, 5.74) is -0.703. The second-order valence-electron chi connectivity index (χ2n) is 4.51. The third kappa shape index (κ3) is 3.87. The first-order valence-corrected chi connectivity index (χ1v) is 9.09. The molecular weight excluding hydrogens is 356 g/mol. The van der Waals surface area contributed by atoms with Crippen LogP contribution in [0.5, 0.6) is 11.5 Å². The molecule has 23 heavy (non-hydrogen) atoms. The largest absolute Gasteiger partial charge is 0.485 e. The third-order valence-electron chi connectivity index (χ3n) is 2.89. The summed E-state index contributed by atoms with van der Waals surface area (Å²) >= 11 is 0. The molecule has 1 aromatic rings. The van der Waals surface area contributed by atoms with Gasteiger partial charge in [-0.3, -0.25) is 14.3 Å². The van der Waals surface area contributed by atoms with E-state index in [1.165, 1.54) is 0 Å². The topological polar surface area (TPSA) is 165 Å². The lowest BCUT2D eigenvalue weighted by molar-refractivity contribution is -0.386. The fraction of sp³-hybridized carbons (Fsp3) is 0.400. The lowest BCUT2D eigenvalue weighted by atomic mass is 10.2. The van der Waals surface area contributed by atoms with Crippen LogP contribution in [-0.2, 0) is 24.3 Å². The van der Waals surface area contributed by atoms with Gasteiger partial charge < -0.3 is 9.47 Å². The predicted molar refractivity (Wildman–Crippen MR) is 75.2 cm³/mol. The summed E-state index contributed by atoms with van der Waals surface area (Å²) in [7, 11) is -7.11. The van der Waals surface area contributed by atoms with Gasteiger partial charge in [-0.15, -0.1) is 0 Å². The Labute approximate surface area is 131 Å². The van der Waals surface area contributed by atoms with E-state index in [2.05, 4.69) is 4.18 Å². The molecule has 11 nitrogen and oxygen atoms in total. The molecule has 0 spiro atoms. The van der Waals surface area contributed by atoms with Gasteiger partial charge in [0.1, 0.15) is 18.5 Å². The molecule has 0 bridgehead atoms. The summed E-state index contributed by atoms with van der Waals surface area (Å²) in [4.78, 5) is 9.69. The Hall–Kier alpha value is -1.96. The van der Waals surface area contributed by atoms with E-state index in [1.807, 2.05) is 0 Å². The summed E-state index contributed by atoms with van der Waals surface area (Å²) < 4.78 is 60.2. The number of primary sulfonamides is 1. The number of nitrogens with zero attached hydrogens (tertiary/aromatic N) is 1. The van der Waals surface area contributed by atoms with Gasteiger partial charge in [0.25, 0.3) is 10.1 Å². The molecule has 2 N–H and O–H groups in total. The number of ether oxygens (including phenoxy) is 2. The van der Waals surface area contributed by atoms with Gasteiger partial charge in [-0.2, -0.15) is 8.42 Å². The van der Waals surface area contributed by atoms with Gasteiger partial charge >= 0.3 is 5.69 Å². The maximum atomic E-state index is 11.4. The first kappa shape index (κ1) is 17.4. The highest BCUT2D eigenvalue weighted by molar-refractivity contribution is 7.89. The number of hydrogen-bond acceptors (Lipinski definition) is 9. The first-order valence-electron chi connectivity index (χ1n) is 5.96. The Morgan fingerprint density at radius 3 is 2.57 bits per heavy atom. The van der Waals surface area contributed by atoms with Crippen molar-refractivity contribution in [1.29, 1.82) is 0 Å². The molecule has 1 aromatic carbocycles. The fourth-order valence-corrected chi connectivity index (χ4v) is 3.15. The predicted octanol–water partition coefficient (Wildman–Crippen LogP) is -0.642. The van der Waals surface area contributed by atoms with E-state index in [4.69, 9.17) is 14.6 Å². The molecule has 1 heterocycles. The Kier molecular flexibility index (Phi) is 4.48. The molecule has 2 rings (SSSR count).